The summed E-state index contributed by atoms with van der Waals surface area (Å²) in [4.78, 5) is 53.1. The van der Waals surface area contributed by atoms with Gasteiger partial charge in [0, 0.05) is 90.9 Å². The molecule has 1 aromatic heterocycles. The second-order valence-corrected chi connectivity index (χ2v) is 17.2. The molecular weight excluding hydrogens is 725 g/mol. The Morgan fingerprint density at radius 1 is 1.00 bits per heavy atom. The van der Waals surface area contributed by atoms with Crippen LogP contribution >= 0.6 is 0 Å². The topological polar surface area (TPSA) is 134 Å². The van der Waals surface area contributed by atoms with Crippen LogP contribution in [0.25, 0.3) is 10.9 Å². The average Bonchev–Trinajstić information content (AvgIpc) is 3.87. The van der Waals surface area contributed by atoms with Crippen molar-refractivity contribution >= 4 is 34.5 Å². The fourth-order valence-electron chi connectivity index (χ4n) is 12.8. The van der Waals surface area contributed by atoms with Crippen molar-refractivity contribution in [1.29, 1.82) is 0 Å². The van der Waals surface area contributed by atoms with Gasteiger partial charge in [0.1, 0.15) is 11.2 Å². The molecule has 1 spiro atoms. The second-order valence-electron chi connectivity index (χ2n) is 17.2. The highest BCUT2D eigenvalue weighted by Crippen LogP contribution is 2.68. The van der Waals surface area contributed by atoms with E-state index in [1.54, 1.807) is 7.11 Å². The molecule has 0 radical (unpaired) electrons. The number of carbonyl (C=O) groups is 3. The number of anilines is 1. The predicted molar refractivity (Wildman–Crippen MR) is 214 cm³/mol. The molecule has 6 heterocycles. The Hall–Kier alpha value is -4.65. The zero-order chi connectivity index (χ0) is 40.2. The highest BCUT2D eigenvalue weighted by molar-refractivity contribution is 5.95. The van der Waals surface area contributed by atoms with Crippen LogP contribution in [0.15, 0.2) is 60.2 Å². The van der Waals surface area contributed by atoms with E-state index in [4.69, 9.17) is 18.9 Å². The Kier molecular flexibility index (Phi) is 8.77. The standard InChI is InChI=1S/C45H54N4O8/c1-8-27-19-28-22-44(40(51)55-6,36-30(25-48(23-27)24-28)29-13-10-11-14-33(29)46-36)32-20-31-34(21-35(32)54-5)47(4)38-43(31)16-18-49-17-12-15-42(9-2,37(43)49)39(57-26(3)50)45(38,53)41(52)56-7/h10-15,19-21,28,37-39,46,53H,8-9,16-18,22-25H2,1-7H3/t28-,37?,38?,39+,42+,43+,44-,45-/m0/s1. The molecule has 2 aromatic carbocycles. The third-order valence-electron chi connectivity index (χ3n) is 14.8. The lowest BCUT2D eigenvalue weighted by Gasteiger charge is -2.63. The predicted octanol–water partition coefficient (Wildman–Crippen LogP) is 4.75. The highest BCUT2D eigenvalue weighted by atomic mass is 16.6. The van der Waals surface area contributed by atoms with E-state index >= 15 is 4.79 Å². The smallest absolute Gasteiger partial charge is 0.344 e. The lowest BCUT2D eigenvalue weighted by molar-refractivity contribution is -0.228. The van der Waals surface area contributed by atoms with Crippen molar-refractivity contribution in [2.75, 3.05) is 59.5 Å². The normalized spacial score (nSPS) is 34.9. The number of benzene rings is 2. The summed E-state index contributed by atoms with van der Waals surface area (Å²) in [7, 11) is 6.22. The van der Waals surface area contributed by atoms with Crippen molar-refractivity contribution < 1.29 is 38.4 Å². The molecule has 2 fully saturated rings. The first-order valence-electron chi connectivity index (χ1n) is 20.3. The molecule has 2 bridgehead atoms. The number of aliphatic hydroxyl groups is 1. The summed E-state index contributed by atoms with van der Waals surface area (Å²) in [5.74, 6) is -1.31. The molecule has 1 aliphatic carbocycles. The van der Waals surface area contributed by atoms with Gasteiger partial charge in [0.2, 0.25) is 5.60 Å². The van der Waals surface area contributed by atoms with E-state index in [1.807, 2.05) is 37.1 Å². The number of hydrogen-bond donors (Lipinski definition) is 2. The summed E-state index contributed by atoms with van der Waals surface area (Å²) in [6.07, 6.45) is 7.67. The third kappa shape index (κ3) is 4.80. The number of H-pyrrole nitrogens is 1. The largest absolute Gasteiger partial charge is 0.496 e. The molecular formula is C45H54N4O8. The molecule has 3 aromatic rings. The first-order valence-corrected chi connectivity index (χ1v) is 20.3. The average molecular weight is 779 g/mol. The molecule has 2 N–H and O–H groups in total. The van der Waals surface area contributed by atoms with Crippen LogP contribution in [0, 0.1) is 11.3 Å². The SMILES string of the molecule is CCC1=C[C@@H]2CN(C1)Cc1c([nH]c3ccccc13)[C@@](C(=O)OC)(c1cc3c(cc1OC)N(C)C1[C@]34CCN3CC=C[C@](CC)(C34)[C@@H](OC(C)=O)[C@]1(O)C(=O)OC)C2. The maximum atomic E-state index is 15.2. The number of aromatic nitrogens is 1. The van der Waals surface area contributed by atoms with E-state index in [2.05, 4.69) is 58.1 Å². The highest BCUT2D eigenvalue weighted by Gasteiger charge is 2.80. The Bertz CT molecular complexity index is 2250. The molecule has 302 valence electrons. The number of carbonyl (C=O) groups excluding carboxylic acids is 3. The van der Waals surface area contributed by atoms with Crippen LogP contribution in [0.3, 0.4) is 0 Å². The van der Waals surface area contributed by atoms with Gasteiger partial charge in [-0.15, -0.1) is 0 Å². The number of ether oxygens (including phenoxy) is 4. The maximum absolute atomic E-state index is 15.2. The number of fused-ring (bicyclic) bond motifs is 6. The van der Waals surface area contributed by atoms with Gasteiger partial charge in [-0.1, -0.05) is 55.8 Å². The van der Waals surface area contributed by atoms with Gasteiger partial charge in [-0.2, -0.15) is 0 Å². The molecule has 57 heavy (non-hydrogen) atoms. The third-order valence-corrected chi connectivity index (χ3v) is 14.8. The van der Waals surface area contributed by atoms with Gasteiger partial charge in [0.15, 0.2) is 6.10 Å². The number of aromatic amines is 1. The molecule has 1 saturated heterocycles. The Morgan fingerprint density at radius 2 is 1.77 bits per heavy atom. The van der Waals surface area contributed by atoms with Gasteiger partial charge < -0.3 is 33.9 Å². The number of rotatable bonds is 7. The summed E-state index contributed by atoms with van der Waals surface area (Å²) in [6.45, 7) is 9.19. The van der Waals surface area contributed by atoms with Crippen LogP contribution in [0.4, 0.5) is 5.69 Å². The number of nitrogens with one attached hydrogen (secondary N) is 1. The Labute approximate surface area is 333 Å². The second kappa shape index (κ2) is 13.2. The zero-order valence-corrected chi connectivity index (χ0v) is 34.0. The Morgan fingerprint density at radius 3 is 2.47 bits per heavy atom. The summed E-state index contributed by atoms with van der Waals surface area (Å²) < 4.78 is 23.9. The van der Waals surface area contributed by atoms with Gasteiger partial charge in [-0.25, -0.2) is 4.79 Å². The molecule has 6 aliphatic rings. The molecule has 12 nitrogen and oxygen atoms in total. The van der Waals surface area contributed by atoms with Crippen molar-refractivity contribution in [2.45, 2.75) is 87.6 Å². The molecule has 5 aliphatic heterocycles. The van der Waals surface area contributed by atoms with Crippen molar-refractivity contribution in [3.8, 4) is 5.75 Å². The lowest BCUT2D eigenvalue weighted by atomic mass is 9.47. The van der Waals surface area contributed by atoms with Gasteiger partial charge in [-0.3, -0.25) is 19.4 Å². The minimum atomic E-state index is -2.27. The molecule has 12 heteroatoms. The van der Waals surface area contributed by atoms with Crippen molar-refractivity contribution in [2.24, 2.45) is 11.3 Å². The van der Waals surface area contributed by atoms with Crippen LogP contribution in [0.1, 0.15) is 68.8 Å². The van der Waals surface area contributed by atoms with Crippen LogP contribution < -0.4 is 9.64 Å². The minimum Gasteiger partial charge on any atom is -0.496 e. The Balaban J connectivity index is 1.37. The van der Waals surface area contributed by atoms with E-state index in [0.29, 0.717) is 50.2 Å². The van der Waals surface area contributed by atoms with Crippen LogP contribution in [0.2, 0.25) is 0 Å². The molecule has 9 atom stereocenters. The summed E-state index contributed by atoms with van der Waals surface area (Å²) in [5, 5.41) is 14.4. The van der Waals surface area contributed by atoms with Crippen LogP contribution in [-0.2, 0) is 46.0 Å². The van der Waals surface area contributed by atoms with Gasteiger partial charge in [0.25, 0.3) is 0 Å². The maximum Gasteiger partial charge on any atom is 0.344 e. The number of methoxy groups -OCH3 is 3. The summed E-state index contributed by atoms with van der Waals surface area (Å²) in [5.41, 5.74) is 1.05. The van der Waals surface area contributed by atoms with Crippen molar-refractivity contribution in [3.05, 3.63) is 82.6 Å². The van der Waals surface area contributed by atoms with Gasteiger partial charge in [0.05, 0.1) is 27.4 Å². The molecule has 9 rings (SSSR count). The van der Waals surface area contributed by atoms with Crippen molar-refractivity contribution in [3.63, 3.8) is 0 Å². The van der Waals surface area contributed by atoms with E-state index < -0.39 is 45.9 Å². The molecule has 0 amide bonds. The van der Waals surface area contributed by atoms with E-state index in [1.165, 1.54) is 26.7 Å². The molecule has 1 saturated carbocycles. The fourth-order valence-corrected chi connectivity index (χ4v) is 12.8. The minimum absolute atomic E-state index is 0.0284. The van der Waals surface area contributed by atoms with Crippen LogP contribution in [-0.4, -0.2) is 116 Å². The first kappa shape index (κ1) is 37.9. The zero-order valence-electron chi connectivity index (χ0n) is 34.0. The van der Waals surface area contributed by atoms with Gasteiger partial charge >= 0.3 is 17.9 Å². The summed E-state index contributed by atoms with van der Waals surface area (Å²) in [6, 6.07) is 11.2. The van der Waals surface area contributed by atoms with Gasteiger partial charge in [-0.05, 0) is 61.4 Å². The number of esters is 3. The fraction of sp³-hybridized carbons (Fsp3) is 0.533. The number of hydrogen-bond acceptors (Lipinski definition) is 11. The lowest BCUT2D eigenvalue weighted by Crippen LogP contribution is -2.81. The number of para-hydroxylation sites is 1. The van der Waals surface area contributed by atoms with E-state index in [-0.39, 0.29) is 17.9 Å². The molecule has 3 unspecified atom stereocenters. The number of nitrogens with zero attached hydrogens (tertiary/aromatic N) is 3. The first-order chi connectivity index (χ1) is 27.4. The van der Waals surface area contributed by atoms with Crippen LogP contribution in [0.5, 0.6) is 5.75 Å². The van der Waals surface area contributed by atoms with Crippen molar-refractivity contribution in [1.82, 2.24) is 14.8 Å². The number of likely N-dealkylation sites (N-methyl/N-ethyl adjacent to an activating group) is 1. The van der Waals surface area contributed by atoms with E-state index in [0.717, 1.165) is 52.9 Å². The van der Waals surface area contributed by atoms with E-state index in [9.17, 15) is 14.7 Å². The monoisotopic (exact) mass is 778 g/mol. The summed E-state index contributed by atoms with van der Waals surface area (Å²) >= 11 is 0. The quantitative estimate of drug-likeness (QED) is 0.196.